The molecule has 0 amide bonds. The van der Waals surface area contributed by atoms with E-state index in [-0.39, 0.29) is 5.41 Å². The highest BCUT2D eigenvalue weighted by atomic mass is 15.5. The van der Waals surface area contributed by atoms with E-state index >= 15 is 0 Å². The van der Waals surface area contributed by atoms with Gasteiger partial charge in [-0.25, -0.2) is 4.68 Å². The summed E-state index contributed by atoms with van der Waals surface area (Å²) in [6, 6.07) is 5.83. The summed E-state index contributed by atoms with van der Waals surface area (Å²) in [5.41, 5.74) is 8.90. The second-order valence-corrected chi connectivity index (χ2v) is 5.70. The zero-order chi connectivity index (χ0) is 14.0. The van der Waals surface area contributed by atoms with Gasteiger partial charge in [-0.2, -0.15) is 0 Å². The Morgan fingerprint density at radius 2 is 2.05 bits per heavy atom. The van der Waals surface area contributed by atoms with Crippen molar-refractivity contribution < 1.29 is 0 Å². The van der Waals surface area contributed by atoms with E-state index in [9.17, 15) is 0 Å². The van der Waals surface area contributed by atoms with Crippen molar-refractivity contribution in [2.24, 2.45) is 5.41 Å². The zero-order valence-electron chi connectivity index (χ0n) is 12.0. The lowest BCUT2D eigenvalue weighted by molar-refractivity contribution is 0.279. The molecule has 0 radical (unpaired) electrons. The summed E-state index contributed by atoms with van der Waals surface area (Å²) in [5.74, 6) is 0.784. The SMILES string of the molecule is CCC(C)(C)Cn1nnnc1-c1cccc(N)c1C. The number of anilines is 1. The first-order valence-electron chi connectivity index (χ1n) is 6.56. The lowest BCUT2D eigenvalue weighted by Crippen LogP contribution is -2.20. The van der Waals surface area contributed by atoms with E-state index in [2.05, 4.69) is 36.3 Å². The molecule has 0 bridgehead atoms. The number of nitrogen functional groups attached to an aromatic ring is 1. The Morgan fingerprint density at radius 3 is 2.74 bits per heavy atom. The third kappa shape index (κ3) is 2.75. The number of hydrogen-bond acceptors (Lipinski definition) is 4. The molecule has 1 aromatic heterocycles. The van der Waals surface area contributed by atoms with Gasteiger partial charge in [0.15, 0.2) is 5.82 Å². The van der Waals surface area contributed by atoms with Crippen molar-refractivity contribution in [3.63, 3.8) is 0 Å². The molecule has 2 rings (SSSR count). The molecule has 102 valence electrons. The van der Waals surface area contributed by atoms with Gasteiger partial charge in [-0.3, -0.25) is 0 Å². The van der Waals surface area contributed by atoms with Gasteiger partial charge in [0.05, 0.1) is 6.54 Å². The normalized spacial score (nSPS) is 11.8. The maximum absolute atomic E-state index is 5.95. The fraction of sp³-hybridized carbons (Fsp3) is 0.500. The van der Waals surface area contributed by atoms with Crippen LogP contribution in [0, 0.1) is 12.3 Å². The van der Waals surface area contributed by atoms with Crippen LogP contribution in [0.5, 0.6) is 0 Å². The van der Waals surface area contributed by atoms with Gasteiger partial charge in [-0.1, -0.05) is 32.9 Å². The molecule has 2 N–H and O–H groups in total. The van der Waals surface area contributed by atoms with Crippen LogP contribution < -0.4 is 5.73 Å². The minimum atomic E-state index is 0.165. The number of nitrogens with zero attached hydrogens (tertiary/aromatic N) is 4. The summed E-state index contributed by atoms with van der Waals surface area (Å²) in [6.07, 6.45) is 1.07. The van der Waals surface area contributed by atoms with Crippen LogP contribution in [0.15, 0.2) is 18.2 Å². The smallest absolute Gasteiger partial charge is 0.182 e. The van der Waals surface area contributed by atoms with Crippen LogP contribution in [0.3, 0.4) is 0 Å². The standard InChI is InChI=1S/C14H21N5/c1-5-14(3,4)9-19-13(16-17-18-19)11-7-6-8-12(15)10(11)2/h6-8H,5,9,15H2,1-4H3. The third-order valence-corrected chi connectivity index (χ3v) is 3.68. The first-order chi connectivity index (χ1) is 8.94. The molecule has 0 aliphatic heterocycles. The Labute approximate surface area is 113 Å². The van der Waals surface area contributed by atoms with Crippen LogP contribution in [0.1, 0.15) is 32.8 Å². The van der Waals surface area contributed by atoms with E-state index in [0.717, 1.165) is 35.6 Å². The summed E-state index contributed by atoms with van der Waals surface area (Å²) in [7, 11) is 0. The van der Waals surface area contributed by atoms with Gasteiger partial charge >= 0.3 is 0 Å². The van der Waals surface area contributed by atoms with Crippen molar-refractivity contribution in [3.8, 4) is 11.4 Å². The summed E-state index contributed by atoms with van der Waals surface area (Å²) >= 11 is 0. The molecule has 0 saturated heterocycles. The van der Waals surface area contributed by atoms with Crippen molar-refractivity contribution in [1.82, 2.24) is 20.2 Å². The Bertz CT molecular complexity index is 571. The Balaban J connectivity index is 2.42. The van der Waals surface area contributed by atoms with Crippen molar-refractivity contribution >= 4 is 5.69 Å². The van der Waals surface area contributed by atoms with Gasteiger partial charge < -0.3 is 5.73 Å². The van der Waals surface area contributed by atoms with Gasteiger partial charge in [0.1, 0.15) is 0 Å². The molecule has 5 nitrogen and oxygen atoms in total. The zero-order valence-corrected chi connectivity index (χ0v) is 12.0. The van der Waals surface area contributed by atoms with Gasteiger partial charge in [0, 0.05) is 11.3 Å². The molecular weight excluding hydrogens is 238 g/mol. The predicted octanol–water partition coefficient (Wildman–Crippen LogP) is 2.67. The highest BCUT2D eigenvalue weighted by Crippen LogP contribution is 2.28. The summed E-state index contributed by atoms with van der Waals surface area (Å²) in [6.45, 7) is 9.39. The van der Waals surface area contributed by atoms with E-state index in [1.807, 2.05) is 29.8 Å². The molecule has 0 spiro atoms. The van der Waals surface area contributed by atoms with Crippen LogP contribution in [0.25, 0.3) is 11.4 Å². The van der Waals surface area contributed by atoms with E-state index in [4.69, 9.17) is 5.73 Å². The number of aromatic nitrogens is 4. The van der Waals surface area contributed by atoms with E-state index in [1.54, 1.807) is 0 Å². The van der Waals surface area contributed by atoms with Crippen LogP contribution in [0.4, 0.5) is 5.69 Å². The quantitative estimate of drug-likeness (QED) is 0.857. The van der Waals surface area contributed by atoms with Gasteiger partial charge in [0.2, 0.25) is 0 Å². The topological polar surface area (TPSA) is 69.6 Å². The average Bonchev–Trinajstić information content (AvgIpc) is 2.80. The fourth-order valence-corrected chi connectivity index (χ4v) is 1.92. The molecule has 1 aromatic carbocycles. The Hall–Kier alpha value is -1.91. The number of nitrogens with two attached hydrogens (primary N) is 1. The molecular formula is C14H21N5. The molecule has 5 heteroatoms. The Morgan fingerprint density at radius 1 is 1.32 bits per heavy atom. The van der Waals surface area contributed by atoms with Crippen molar-refractivity contribution in [2.45, 2.75) is 40.7 Å². The van der Waals surface area contributed by atoms with Crippen molar-refractivity contribution in [3.05, 3.63) is 23.8 Å². The van der Waals surface area contributed by atoms with E-state index in [0.29, 0.717) is 0 Å². The minimum absolute atomic E-state index is 0.165. The van der Waals surface area contributed by atoms with Crippen molar-refractivity contribution in [1.29, 1.82) is 0 Å². The number of rotatable bonds is 4. The minimum Gasteiger partial charge on any atom is -0.398 e. The van der Waals surface area contributed by atoms with Crippen molar-refractivity contribution in [2.75, 3.05) is 5.73 Å². The largest absolute Gasteiger partial charge is 0.398 e. The lowest BCUT2D eigenvalue weighted by atomic mass is 9.90. The molecule has 0 fully saturated rings. The Kier molecular flexibility index (Phi) is 3.55. The second kappa shape index (κ2) is 4.99. The predicted molar refractivity (Wildman–Crippen MR) is 76.5 cm³/mol. The maximum atomic E-state index is 5.95. The highest BCUT2D eigenvalue weighted by Gasteiger charge is 2.20. The number of hydrogen-bond donors (Lipinski definition) is 1. The van der Waals surface area contributed by atoms with E-state index < -0.39 is 0 Å². The number of tetrazole rings is 1. The van der Waals surface area contributed by atoms with Gasteiger partial charge in [-0.05, 0) is 40.8 Å². The van der Waals surface area contributed by atoms with Crippen LogP contribution in [-0.2, 0) is 6.54 Å². The lowest BCUT2D eigenvalue weighted by Gasteiger charge is -2.22. The summed E-state index contributed by atoms with van der Waals surface area (Å²) < 4.78 is 1.87. The van der Waals surface area contributed by atoms with Crippen LogP contribution >= 0.6 is 0 Å². The second-order valence-electron chi connectivity index (χ2n) is 5.70. The third-order valence-electron chi connectivity index (χ3n) is 3.68. The van der Waals surface area contributed by atoms with Crippen LogP contribution in [0.2, 0.25) is 0 Å². The molecule has 0 unspecified atom stereocenters. The van der Waals surface area contributed by atoms with Gasteiger partial charge in [-0.15, -0.1) is 5.10 Å². The first kappa shape index (κ1) is 13.5. The molecule has 1 heterocycles. The summed E-state index contributed by atoms with van der Waals surface area (Å²) in [5, 5.41) is 12.1. The van der Waals surface area contributed by atoms with E-state index in [1.165, 1.54) is 0 Å². The molecule has 2 aromatic rings. The first-order valence-corrected chi connectivity index (χ1v) is 6.56. The van der Waals surface area contributed by atoms with Crippen LogP contribution in [-0.4, -0.2) is 20.2 Å². The summed E-state index contributed by atoms with van der Waals surface area (Å²) in [4.78, 5) is 0. The fourth-order valence-electron chi connectivity index (χ4n) is 1.92. The molecule has 0 aliphatic carbocycles. The average molecular weight is 259 g/mol. The maximum Gasteiger partial charge on any atom is 0.182 e. The molecule has 0 saturated carbocycles. The molecule has 0 atom stereocenters. The molecule has 19 heavy (non-hydrogen) atoms. The molecule has 0 aliphatic rings. The highest BCUT2D eigenvalue weighted by molar-refractivity contribution is 5.67. The van der Waals surface area contributed by atoms with Gasteiger partial charge in [0.25, 0.3) is 0 Å². The number of benzene rings is 1. The monoisotopic (exact) mass is 259 g/mol.